The Morgan fingerprint density at radius 3 is 2.62 bits per heavy atom. The molecule has 0 aliphatic rings. The molecular formula is C14H15FN4O2. The average molecular weight is 290 g/mol. The second kappa shape index (κ2) is 6.17. The minimum Gasteiger partial charge on any atom is -0.373 e. The third-order valence-corrected chi connectivity index (χ3v) is 3.05. The summed E-state index contributed by atoms with van der Waals surface area (Å²) < 4.78 is 13.7. The fourth-order valence-corrected chi connectivity index (χ4v) is 1.95. The zero-order chi connectivity index (χ0) is 15.4. The third kappa shape index (κ3) is 3.25. The molecule has 0 fully saturated rings. The smallest absolute Gasteiger partial charge is 0.311 e. The molecule has 0 bridgehead atoms. The maximum absolute atomic E-state index is 13.7. The first-order valence-electron chi connectivity index (χ1n) is 6.37. The summed E-state index contributed by atoms with van der Waals surface area (Å²) in [6.45, 7) is 1.72. The van der Waals surface area contributed by atoms with Crippen molar-refractivity contribution in [3.63, 3.8) is 0 Å². The summed E-state index contributed by atoms with van der Waals surface area (Å²) >= 11 is 0. The highest BCUT2D eigenvalue weighted by atomic mass is 19.1. The molecule has 0 saturated heterocycles. The van der Waals surface area contributed by atoms with Crippen molar-refractivity contribution >= 4 is 17.3 Å². The van der Waals surface area contributed by atoms with E-state index in [2.05, 4.69) is 15.6 Å². The topological polar surface area (TPSA) is 80.1 Å². The molecule has 2 rings (SSSR count). The Kier molecular flexibility index (Phi) is 4.32. The first-order chi connectivity index (χ1) is 10.0. The van der Waals surface area contributed by atoms with Crippen LogP contribution in [0.3, 0.4) is 0 Å². The average Bonchev–Trinajstić information content (AvgIpc) is 2.47. The molecule has 0 radical (unpaired) electrons. The van der Waals surface area contributed by atoms with Gasteiger partial charge in [0.05, 0.1) is 11.0 Å². The van der Waals surface area contributed by atoms with Crippen LogP contribution in [0.25, 0.3) is 0 Å². The predicted molar refractivity (Wildman–Crippen MR) is 78.9 cm³/mol. The van der Waals surface area contributed by atoms with Crippen LogP contribution in [0.1, 0.15) is 18.5 Å². The summed E-state index contributed by atoms with van der Waals surface area (Å²) in [7, 11) is 1.66. The third-order valence-electron chi connectivity index (χ3n) is 3.05. The summed E-state index contributed by atoms with van der Waals surface area (Å²) in [5, 5.41) is 16.7. The molecule has 2 N–H and O–H groups in total. The van der Waals surface area contributed by atoms with Crippen molar-refractivity contribution in [1.82, 2.24) is 4.98 Å². The highest BCUT2D eigenvalue weighted by Crippen LogP contribution is 2.28. The molecule has 0 aliphatic carbocycles. The Hall–Kier alpha value is -2.70. The molecule has 1 heterocycles. The fourth-order valence-electron chi connectivity index (χ4n) is 1.95. The number of aromatic nitrogens is 1. The van der Waals surface area contributed by atoms with E-state index in [1.54, 1.807) is 32.2 Å². The van der Waals surface area contributed by atoms with Gasteiger partial charge in [-0.2, -0.15) is 0 Å². The van der Waals surface area contributed by atoms with E-state index in [9.17, 15) is 14.5 Å². The van der Waals surface area contributed by atoms with Crippen LogP contribution in [-0.4, -0.2) is 17.0 Å². The van der Waals surface area contributed by atoms with Crippen LogP contribution in [-0.2, 0) is 0 Å². The Bertz CT molecular complexity index is 663. The molecule has 110 valence electrons. The van der Waals surface area contributed by atoms with Crippen molar-refractivity contribution in [1.29, 1.82) is 0 Å². The predicted octanol–water partition coefficient (Wildman–Crippen LogP) is 3.34. The number of nitrogens with zero attached hydrogens (tertiary/aromatic N) is 2. The van der Waals surface area contributed by atoms with Crippen molar-refractivity contribution in [2.24, 2.45) is 0 Å². The minimum absolute atomic E-state index is 0.0996. The van der Waals surface area contributed by atoms with E-state index in [0.717, 1.165) is 0 Å². The van der Waals surface area contributed by atoms with Crippen LogP contribution >= 0.6 is 0 Å². The molecule has 0 aliphatic heterocycles. The SMILES string of the molecule is CNc1ccc([N+](=O)[O-])c(NC(C)c2ccccc2F)n1. The van der Waals surface area contributed by atoms with Gasteiger partial charge >= 0.3 is 5.69 Å². The van der Waals surface area contributed by atoms with Crippen LogP contribution < -0.4 is 10.6 Å². The van der Waals surface area contributed by atoms with Crippen LogP contribution in [0.2, 0.25) is 0 Å². The van der Waals surface area contributed by atoms with Crippen molar-refractivity contribution in [3.8, 4) is 0 Å². The zero-order valence-corrected chi connectivity index (χ0v) is 11.6. The van der Waals surface area contributed by atoms with Gasteiger partial charge in [0.25, 0.3) is 0 Å². The van der Waals surface area contributed by atoms with Gasteiger partial charge in [0.15, 0.2) is 0 Å². The van der Waals surface area contributed by atoms with E-state index in [1.165, 1.54) is 18.2 Å². The van der Waals surface area contributed by atoms with Gasteiger partial charge in [-0.15, -0.1) is 0 Å². The first-order valence-corrected chi connectivity index (χ1v) is 6.37. The molecule has 1 atom stereocenters. The lowest BCUT2D eigenvalue weighted by Gasteiger charge is -2.16. The Balaban J connectivity index is 2.34. The van der Waals surface area contributed by atoms with E-state index in [-0.39, 0.29) is 17.3 Å². The summed E-state index contributed by atoms with van der Waals surface area (Å²) in [5.74, 6) is 0.219. The van der Waals surface area contributed by atoms with Crippen LogP contribution in [0.5, 0.6) is 0 Å². The molecule has 21 heavy (non-hydrogen) atoms. The standard InChI is InChI=1S/C14H15FN4O2/c1-9(10-5-3-4-6-11(10)15)17-14-12(19(20)21)7-8-13(16-2)18-14/h3-9H,1-2H3,(H2,16,17,18). The molecule has 1 unspecified atom stereocenters. The number of anilines is 2. The monoisotopic (exact) mass is 290 g/mol. The molecular weight excluding hydrogens is 275 g/mol. The van der Waals surface area contributed by atoms with Gasteiger partial charge in [0.1, 0.15) is 11.6 Å². The number of benzene rings is 1. The summed E-state index contributed by atoms with van der Waals surface area (Å²) in [6, 6.07) is 8.69. The molecule has 0 amide bonds. The summed E-state index contributed by atoms with van der Waals surface area (Å²) in [4.78, 5) is 14.6. The van der Waals surface area contributed by atoms with Crippen molar-refractivity contribution < 1.29 is 9.31 Å². The van der Waals surface area contributed by atoms with Crippen molar-refractivity contribution in [3.05, 3.63) is 57.9 Å². The normalized spacial score (nSPS) is 11.8. The largest absolute Gasteiger partial charge is 0.373 e. The number of nitro groups is 1. The number of nitrogens with one attached hydrogen (secondary N) is 2. The maximum Gasteiger partial charge on any atom is 0.311 e. The first kappa shape index (κ1) is 14.7. The maximum atomic E-state index is 13.7. The molecule has 1 aromatic carbocycles. The lowest BCUT2D eigenvalue weighted by molar-refractivity contribution is -0.384. The van der Waals surface area contributed by atoms with Crippen LogP contribution in [0, 0.1) is 15.9 Å². The number of hydrogen-bond donors (Lipinski definition) is 2. The number of hydrogen-bond acceptors (Lipinski definition) is 5. The van der Waals surface area contributed by atoms with Gasteiger partial charge in [-0.1, -0.05) is 18.2 Å². The van der Waals surface area contributed by atoms with Gasteiger partial charge in [0, 0.05) is 18.7 Å². The number of pyridine rings is 1. The molecule has 2 aromatic rings. The van der Waals surface area contributed by atoms with Crippen molar-refractivity contribution in [2.75, 3.05) is 17.7 Å². The van der Waals surface area contributed by atoms with Gasteiger partial charge in [-0.25, -0.2) is 9.37 Å². The fraction of sp³-hybridized carbons (Fsp3) is 0.214. The zero-order valence-electron chi connectivity index (χ0n) is 11.6. The van der Waals surface area contributed by atoms with Crippen molar-refractivity contribution in [2.45, 2.75) is 13.0 Å². The highest BCUT2D eigenvalue weighted by molar-refractivity contribution is 5.60. The van der Waals surface area contributed by atoms with Gasteiger partial charge in [-0.05, 0) is 19.1 Å². The van der Waals surface area contributed by atoms with E-state index in [4.69, 9.17) is 0 Å². The number of rotatable bonds is 5. The summed E-state index contributed by atoms with van der Waals surface area (Å²) in [6.07, 6.45) is 0. The lowest BCUT2D eigenvalue weighted by atomic mass is 10.1. The minimum atomic E-state index is -0.525. The van der Waals surface area contributed by atoms with Gasteiger partial charge < -0.3 is 10.6 Å². The Morgan fingerprint density at radius 1 is 1.29 bits per heavy atom. The van der Waals surface area contributed by atoms with E-state index in [1.807, 2.05) is 0 Å². The lowest BCUT2D eigenvalue weighted by Crippen LogP contribution is -2.12. The van der Waals surface area contributed by atoms with Gasteiger partial charge in [-0.3, -0.25) is 10.1 Å². The molecule has 1 aromatic heterocycles. The second-order valence-electron chi connectivity index (χ2n) is 4.46. The highest BCUT2D eigenvalue weighted by Gasteiger charge is 2.19. The van der Waals surface area contributed by atoms with E-state index >= 15 is 0 Å². The second-order valence-corrected chi connectivity index (χ2v) is 4.46. The number of halogens is 1. The molecule has 0 spiro atoms. The molecule has 7 heteroatoms. The quantitative estimate of drug-likeness (QED) is 0.652. The van der Waals surface area contributed by atoms with Crippen LogP contribution in [0.15, 0.2) is 36.4 Å². The molecule has 0 saturated carbocycles. The van der Waals surface area contributed by atoms with Gasteiger partial charge in [0.2, 0.25) is 5.82 Å². The summed E-state index contributed by atoms with van der Waals surface area (Å²) in [5.41, 5.74) is 0.264. The molecule has 6 nitrogen and oxygen atoms in total. The van der Waals surface area contributed by atoms with E-state index < -0.39 is 11.0 Å². The van der Waals surface area contributed by atoms with E-state index in [0.29, 0.717) is 11.4 Å². The Labute approximate surface area is 121 Å². The van der Waals surface area contributed by atoms with Crippen LogP contribution in [0.4, 0.5) is 21.7 Å². The Morgan fingerprint density at radius 2 is 2.00 bits per heavy atom.